The molecule has 4 aromatic rings. The quantitative estimate of drug-likeness (QED) is 0.454. The maximum absolute atomic E-state index is 12.6. The Kier molecular flexibility index (Phi) is 4.87. The molecule has 0 unspecified atom stereocenters. The molecule has 2 aromatic heterocycles. The third kappa shape index (κ3) is 3.51. The molecule has 0 radical (unpaired) electrons. The fraction of sp³-hybridized carbons (Fsp3) is 0.0952. The Balaban J connectivity index is 1.69. The minimum Gasteiger partial charge on any atom is -0.478 e. The summed E-state index contributed by atoms with van der Waals surface area (Å²) in [4.78, 5) is 28.6. The van der Waals surface area contributed by atoms with Crippen molar-refractivity contribution >= 4 is 39.3 Å². The summed E-state index contributed by atoms with van der Waals surface area (Å²) in [5.41, 5.74) is 3.72. The number of aliphatic hydroxyl groups is 1. The monoisotopic (exact) mass is 408 g/mol. The number of carbonyl (C=O) groups excluding carboxylic acids is 1. The highest BCUT2D eigenvalue weighted by molar-refractivity contribution is 7.15. The van der Waals surface area contributed by atoms with E-state index in [1.807, 2.05) is 13.0 Å². The van der Waals surface area contributed by atoms with Gasteiger partial charge in [-0.05, 0) is 41.8 Å². The molecular formula is C21H16N2O5S. The van der Waals surface area contributed by atoms with Crippen molar-refractivity contribution in [2.75, 3.05) is 5.32 Å². The standard InChI is InChI=1S/C21H16N2O5S/c1-11-6-7-12(8-13(11)9-24)14-10-29-20(17(14)21(26)27)23-18(25)19-22-15-4-2-3-5-16(15)28-19/h2-8,10,24H,9H2,1H3,(H,23,25)(H,26,27). The lowest BCUT2D eigenvalue weighted by molar-refractivity contribution is 0.0699. The molecule has 0 atom stereocenters. The first kappa shape index (κ1) is 18.9. The SMILES string of the molecule is Cc1ccc(-c2csc(NC(=O)c3nc4ccccc4o3)c2C(=O)O)cc1CO. The number of carbonyl (C=O) groups is 2. The first-order valence-electron chi connectivity index (χ1n) is 8.70. The summed E-state index contributed by atoms with van der Waals surface area (Å²) < 4.78 is 5.44. The molecular weight excluding hydrogens is 392 g/mol. The summed E-state index contributed by atoms with van der Waals surface area (Å²) in [5.74, 6) is -1.94. The predicted molar refractivity (Wildman–Crippen MR) is 109 cm³/mol. The summed E-state index contributed by atoms with van der Waals surface area (Å²) in [6, 6.07) is 12.3. The van der Waals surface area contributed by atoms with Crippen molar-refractivity contribution in [2.45, 2.75) is 13.5 Å². The molecule has 0 bridgehead atoms. The Bertz CT molecular complexity index is 1210. The number of aryl methyl sites for hydroxylation is 1. The fourth-order valence-electron chi connectivity index (χ4n) is 3.01. The Morgan fingerprint density at radius 3 is 2.72 bits per heavy atom. The third-order valence-corrected chi connectivity index (χ3v) is 5.45. The summed E-state index contributed by atoms with van der Waals surface area (Å²) in [5, 5.41) is 23.7. The molecule has 0 fully saturated rings. The van der Waals surface area contributed by atoms with Crippen molar-refractivity contribution in [1.82, 2.24) is 4.98 Å². The van der Waals surface area contributed by atoms with E-state index in [-0.39, 0.29) is 23.1 Å². The van der Waals surface area contributed by atoms with Crippen LogP contribution in [-0.4, -0.2) is 27.1 Å². The number of carboxylic acid groups (broad SMARTS) is 1. The minimum absolute atomic E-state index is 0.0211. The van der Waals surface area contributed by atoms with Crippen molar-refractivity contribution in [3.05, 3.63) is 70.4 Å². The first-order chi connectivity index (χ1) is 14.0. The molecule has 7 nitrogen and oxygen atoms in total. The molecule has 0 spiro atoms. The number of thiophene rings is 1. The molecule has 2 aromatic carbocycles. The maximum atomic E-state index is 12.6. The molecule has 4 rings (SSSR count). The molecule has 0 saturated carbocycles. The zero-order chi connectivity index (χ0) is 20.5. The summed E-state index contributed by atoms with van der Waals surface area (Å²) >= 11 is 1.10. The molecule has 0 aliphatic heterocycles. The number of nitrogens with one attached hydrogen (secondary N) is 1. The van der Waals surface area contributed by atoms with Gasteiger partial charge in [0.2, 0.25) is 0 Å². The van der Waals surface area contributed by atoms with E-state index in [1.165, 1.54) is 0 Å². The first-order valence-corrected chi connectivity index (χ1v) is 9.58. The van der Waals surface area contributed by atoms with Gasteiger partial charge in [0.1, 0.15) is 16.1 Å². The number of anilines is 1. The lowest BCUT2D eigenvalue weighted by atomic mass is 9.99. The summed E-state index contributed by atoms with van der Waals surface area (Å²) in [7, 11) is 0. The van der Waals surface area contributed by atoms with Gasteiger partial charge in [-0.1, -0.05) is 24.3 Å². The van der Waals surface area contributed by atoms with Gasteiger partial charge in [0.05, 0.1) is 6.61 Å². The van der Waals surface area contributed by atoms with Crippen LogP contribution in [0.3, 0.4) is 0 Å². The van der Waals surface area contributed by atoms with Gasteiger partial charge < -0.3 is 19.9 Å². The van der Waals surface area contributed by atoms with Crippen LogP contribution in [0.2, 0.25) is 0 Å². The van der Waals surface area contributed by atoms with E-state index in [9.17, 15) is 19.8 Å². The molecule has 0 aliphatic rings. The van der Waals surface area contributed by atoms with Gasteiger partial charge >= 0.3 is 11.9 Å². The smallest absolute Gasteiger partial charge is 0.339 e. The number of fused-ring (bicyclic) bond motifs is 1. The maximum Gasteiger partial charge on any atom is 0.339 e. The van der Waals surface area contributed by atoms with Gasteiger partial charge in [-0.2, -0.15) is 0 Å². The lowest BCUT2D eigenvalue weighted by Gasteiger charge is -2.08. The molecule has 146 valence electrons. The average molecular weight is 408 g/mol. The zero-order valence-electron chi connectivity index (χ0n) is 15.3. The van der Waals surface area contributed by atoms with Gasteiger partial charge in [-0.15, -0.1) is 11.3 Å². The van der Waals surface area contributed by atoms with Gasteiger partial charge in [0, 0.05) is 10.9 Å². The molecule has 8 heteroatoms. The van der Waals surface area contributed by atoms with Crippen LogP contribution in [0.4, 0.5) is 5.00 Å². The number of benzene rings is 2. The number of aliphatic hydroxyl groups excluding tert-OH is 1. The Morgan fingerprint density at radius 1 is 1.21 bits per heavy atom. The largest absolute Gasteiger partial charge is 0.478 e. The number of aromatic nitrogens is 1. The van der Waals surface area contributed by atoms with E-state index >= 15 is 0 Å². The number of hydrogen-bond acceptors (Lipinski definition) is 6. The molecule has 3 N–H and O–H groups in total. The van der Waals surface area contributed by atoms with Crippen LogP contribution >= 0.6 is 11.3 Å². The minimum atomic E-state index is -1.17. The van der Waals surface area contributed by atoms with Crippen molar-refractivity contribution in [3.8, 4) is 11.1 Å². The molecule has 0 saturated heterocycles. The predicted octanol–water partition coefficient (Wildman–Crippen LogP) is 4.31. The number of nitrogens with zero attached hydrogens (tertiary/aromatic N) is 1. The second kappa shape index (κ2) is 7.50. The van der Waals surface area contributed by atoms with Crippen LogP contribution in [0.5, 0.6) is 0 Å². The van der Waals surface area contributed by atoms with Crippen molar-refractivity contribution < 1.29 is 24.2 Å². The number of para-hydroxylation sites is 2. The van der Waals surface area contributed by atoms with Crippen molar-refractivity contribution in [1.29, 1.82) is 0 Å². The Labute approximate surface area is 169 Å². The molecule has 1 amide bonds. The number of oxazole rings is 1. The van der Waals surface area contributed by atoms with Crippen LogP contribution in [0.1, 0.15) is 32.2 Å². The normalized spacial score (nSPS) is 11.0. The topological polar surface area (TPSA) is 113 Å². The van der Waals surface area contributed by atoms with Gasteiger partial charge in [0.15, 0.2) is 5.58 Å². The van der Waals surface area contributed by atoms with E-state index in [0.29, 0.717) is 27.8 Å². The Hall–Kier alpha value is -3.49. The molecule has 29 heavy (non-hydrogen) atoms. The van der Waals surface area contributed by atoms with Crippen molar-refractivity contribution in [2.24, 2.45) is 0 Å². The second-order valence-electron chi connectivity index (χ2n) is 6.40. The van der Waals surface area contributed by atoms with Crippen LogP contribution in [-0.2, 0) is 6.61 Å². The Morgan fingerprint density at radius 2 is 2.00 bits per heavy atom. The van der Waals surface area contributed by atoms with E-state index in [0.717, 1.165) is 16.9 Å². The highest BCUT2D eigenvalue weighted by Crippen LogP contribution is 2.36. The van der Waals surface area contributed by atoms with Gasteiger partial charge in [0.25, 0.3) is 5.89 Å². The number of carboxylic acids is 1. The fourth-order valence-corrected chi connectivity index (χ4v) is 3.97. The number of aromatic carboxylic acids is 1. The van der Waals surface area contributed by atoms with E-state index < -0.39 is 11.9 Å². The highest BCUT2D eigenvalue weighted by atomic mass is 32.1. The van der Waals surface area contributed by atoms with Crippen LogP contribution in [0.25, 0.3) is 22.2 Å². The van der Waals surface area contributed by atoms with Crippen LogP contribution in [0.15, 0.2) is 52.3 Å². The van der Waals surface area contributed by atoms with E-state index in [4.69, 9.17) is 4.42 Å². The molecule has 2 heterocycles. The highest BCUT2D eigenvalue weighted by Gasteiger charge is 2.23. The average Bonchev–Trinajstić information content (AvgIpc) is 3.32. The summed E-state index contributed by atoms with van der Waals surface area (Å²) in [6.45, 7) is 1.72. The van der Waals surface area contributed by atoms with Crippen LogP contribution < -0.4 is 5.32 Å². The number of amides is 1. The second-order valence-corrected chi connectivity index (χ2v) is 7.28. The number of hydrogen-bond donors (Lipinski definition) is 3. The number of rotatable bonds is 5. The zero-order valence-corrected chi connectivity index (χ0v) is 16.1. The van der Waals surface area contributed by atoms with Crippen molar-refractivity contribution in [3.63, 3.8) is 0 Å². The molecule has 0 aliphatic carbocycles. The van der Waals surface area contributed by atoms with Gasteiger partial charge in [-0.3, -0.25) is 4.79 Å². The lowest BCUT2D eigenvalue weighted by Crippen LogP contribution is -2.13. The van der Waals surface area contributed by atoms with E-state index in [2.05, 4.69) is 10.3 Å². The van der Waals surface area contributed by atoms with Gasteiger partial charge in [-0.25, -0.2) is 9.78 Å². The summed E-state index contributed by atoms with van der Waals surface area (Å²) in [6.07, 6.45) is 0. The third-order valence-electron chi connectivity index (χ3n) is 4.55. The van der Waals surface area contributed by atoms with E-state index in [1.54, 1.807) is 41.8 Å². The van der Waals surface area contributed by atoms with Crippen LogP contribution in [0, 0.1) is 6.92 Å².